The van der Waals surface area contributed by atoms with Crippen LogP contribution in [0.4, 0.5) is 23.8 Å². The Hall–Kier alpha value is -4.10. The molecule has 11 nitrogen and oxygen atoms in total. The summed E-state index contributed by atoms with van der Waals surface area (Å²) >= 11 is 0. The number of urea groups is 1. The van der Waals surface area contributed by atoms with E-state index in [1.165, 1.54) is 11.9 Å². The summed E-state index contributed by atoms with van der Waals surface area (Å²) in [5.74, 6) is 0.244. The maximum absolute atomic E-state index is 12.9. The molecule has 0 saturated carbocycles. The van der Waals surface area contributed by atoms with Gasteiger partial charge in [0.05, 0.1) is 12.5 Å². The molecule has 0 radical (unpaired) electrons. The van der Waals surface area contributed by atoms with E-state index in [-0.39, 0.29) is 24.1 Å². The predicted molar refractivity (Wildman–Crippen MR) is 126 cm³/mol. The minimum Gasteiger partial charge on any atom is -0.327 e. The number of hydrogen-bond acceptors (Lipinski definition) is 7. The Balaban J connectivity index is 1.45. The average Bonchev–Trinajstić information content (AvgIpc) is 3.36. The Morgan fingerprint density at radius 3 is 2.73 bits per heavy atom. The fraction of sp³-hybridized carbons (Fsp3) is 0.435. The highest BCUT2D eigenvalue weighted by atomic mass is 19.4. The lowest BCUT2D eigenvalue weighted by Crippen LogP contribution is -2.44. The first kappa shape index (κ1) is 26.0. The number of nitrogens with one attached hydrogen (secondary N) is 1. The lowest BCUT2D eigenvalue weighted by Gasteiger charge is -2.32. The Bertz CT molecular complexity index is 1290. The van der Waals surface area contributed by atoms with Crippen LogP contribution in [0.3, 0.4) is 0 Å². The topological polar surface area (TPSA) is 122 Å². The van der Waals surface area contributed by atoms with Crippen LogP contribution in [0.15, 0.2) is 30.5 Å². The van der Waals surface area contributed by atoms with E-state index in [0.29, 0.717) is 30.0 Å². The Morgan fingerprint density at radius 2 is 2.00 bits per heavy atom. The molecule has 3 aromatic rings. The summed E-state index contributed by atoms with van der Waals surface area (Å²) in [4.78, 5) is 36.8. The van der Waals surface area contributed by atoms with Crippen molar-refractivity contribution in [2.45, 2.75) is 45.5 Å². The molecule has 1 N–H and O–H groups in total. The van der Waals surface area contributed by atoms with Gasteiger partial charge >= 0.3 is 12.2 Å². The van der Waals surface area contributed by atoms with Crippen molar-refractivity contribution >= 4 is 17.8 Å². The van der Waals surface area contributed by atoms with Crippen LogP contribution in [0.2, 0.25) is 0 Å². The van der Waals surface area contributed by atoms with E-state index in [2.05, 4.69) is 30.8 Å². The van der Waals surface area contributed by atoms with Gasteiger partial charge in [-0.3, -0.25) is 9.78 Å². The van der Waals surface area contributed by atoms with Gasteiger partial charge in [-0.2, -0.15) is 13.2 Å². The second-order valence-corrected chi connectivity index (χ2v) is 8.98. The summed E-state index contributed by atoms with van der Waals surface area (Å²) in [5, 5.41) is 14.4. The van der Waals surface area contributed by atoms with E-state index < -0.39 is 31.1 Å². The van der Waals surface area contributed by atoms with Crippen LogP contribution < -0.4 is 5.32 Å². The number of fused-ring (bicyclic) bond motifs is 1. The van der Waals surface area contributed by atoms with Crippen molar-refractivity contribution in [3.63, 3.8) is 0 Å². The summed E-state index contributed by atoms with van der Waals surface area (Å²) in [6, 6.07) is 6.18. The summed E-state index contributed by atoms with van der Waals surface area (Å²) in [6.07, 6.45) is -3.35. The lowest BCUT2D eigenvalue weighted by atomic mass is 10.0. The number of nitrogens with zero attached hydrogens (tertiary/aromatic N) is 8. The average molecular weight is 518 g/mol. The normalized spacial score (nSPS) is 13.4. The molecular weight excluding hydrogens is 491 g/mol. The number of carbonyl (C=O) groups is 2. The first-order valence-corrected chi connectivity index (χ1v) is 11.6. The van der Waals surface area contributed by atoms with Gasteiger partial charge in [0.1, 0.15) is 17.2 Å². The summed E-state index contributed by atoms with van der Waals surface area (Å²) in [7, 11) is 1.34. The molecule has 1 aliphatic rings. The molecule has 3 amide bonds. The Labute approximate surface area is 210 Å². The summed E-state index contributed by atoms with van der Waals surface area (Å²) < 4.78 is 39.2. The molecule has 0 aliphatic carbocycles. The second-order valence-electron chi connectivity index (χ2n) is 8.98. The molecule has 0 unspecified atom stereocenters. The largest absolute Gasteiger partial charge is 0.390 e. The zero-order valence-corrected chi connectivity index (χ0v) is 20.5. The molecule has 1 aliphatic heterocycles. The number of carbonyl (C=O) groups excluding carboxylic acids is 2. The van der Waals surface area contributed by atoms with Gasteiger partial charge in [0.15, 0.2) is 0 Å². The first-order chi connectivity index (χ1) is 17.5. The Morgan fingerprint density at radius 1 is 1.22 bits per heavy atom. The molecule has 0 aromatic carbocycles. The molecule has 0 atom stereocenters. The number of amides is 3. The van der Waals surface area contributed by atoms with Gasteiger partial charge in [-0.05, 0) is 60.0 Å². The zero-order chi connectivity index (χ0) is 26.7. The quantitative estimate of drug-likeness (QED) is 0.532. The van der Waals surface area contributed by atoms with Crippen molar-refractivity contribution in [2.24, 2.45) is 0 Å². The first-order valence-electron chi connectivity index (χ1n) is 11.6. The van der Waals surface area contributed by atoms with Crippen LogP contribution in [0.5, 0.6) is 0 Å². The van der Waals surface area contributed by atoms with Gasteiger partial charge in [0, 0.05) is 32.9 Å². The molecule has 0 saturated heterocycles. The third kappa shape index (κ3) is 6.19. The minimum atomic E-state index is -4.34. The van der Waals surface area contributed by atoms with Crippen LogP contribution in [0, 0.1) is 0 Å². The number of hydrogen-bond donors (Lipinski definition) is 1. The fourth-order valence-electron chi connectivity index (χ4n) is 3.88. The predicted octanol–water partition coefficient (Wildman–Crippen LogP) is 3.33. The molecule has 14 heteroatoms. The summed E-state index contributed by atoms with van der Waals surface area (Å²) in [5.41, 5.74) is 2.19. The third-order valence-electron chi connectivity index (χ3n) is 5.86. The lowest BCUT2D eigenvalue weighted by molar-refractivity contribution is -0.136. The van der Waals surface area contributed by atoms with Gasteiger partial charge in [-0.1, -0.05) is 6.07 Å². The molecule has 0 bridgehead atoms. The van der Waals surface area contributed by atoms with E-state index in [0.717, 1.165) is 10.5 Å². The second kappa shape index (κ2) is 10.5. The van der Waals surface area contributed by atoms with E-state index in [1.54, 1.807) is 35.1 Å². The molecule has 196 valence electrons. The number of aromatic nitrogens is 6. The molecular formula is C23H26F3N9O2. The molecule has 3 aromatic heterocycles. The number of alkyl halides is 3. The smallest absolute Gasteiger partial charge is 0.327 e. The van der Waals surface area contributed by atoms with E-state index in [4.69, 9.17) is 0 Å². The standard InChI is InChI=1S/C23H26F3N9O2/c1-14(2)35-20(30-31-32-35)17-5-4-6-19(28-17)29-21(36)18-11-16-13-34(9-7-15(16)12-27-18)22(37)33(3)10-8-23(24,25)26/h4-6,11-12,14H,7-10,13H2,1-3H3,(H,28,29,36). The molecule has 4 rings (SSSR count). The van der Waals surface area contributed by atoms with E-state index in [1.807, 2.05) is 13.8 Å². The number of pyridine rings is 2. The van der Waals surface area contributed by atoms with E-state index in [9.17, 15) is 22.8 Å². The molecule has 0 spiro atoms. The van der Waals surface area contributed by atoms with Gasteiger partial charge in [-0.25, -0.2) is 14.5 Å². The van der Waals surface area contributed by atoms with Crippen molar-refractivity contribution in [2.75, 3.05) is 25.5 Å². The van der Waals surface area contributed by atoms with Crippen LogP contribution in [-0.2, 0) is 13.0 Å². The highest BCUT2D eigenvalue weighted by Crippen LogP contribution is 2.23. The molecule has 4 heterocycles. The molecule has 0 fully saturated rings. The number of tetrazole rings is 1. The van der Waals surface area contributed by atoms with Crippen LogP contribution in [-0.4, -0.2) is 78.2 Å². The van der Waals surface area contributed by atoms with Crippen molar-refractivity contribution in [3.05, 3.63) is 47.3 Å². The van der Waals surface area contributed by atoms with Crippen molar-refractivity contribution in [3.8, 4) is 11.5 Å². The Kier molecular flexibility index (Phi) is 7.36. The van der Waals surface area contributed by atoms with Crippen molar-refractivity contribution in [1.82, 2.24) is 40.0 Å². The number of halogens is 3. The monoisotopic (exact) mass is 517 g/mol. The van der Waals surface area contributed by atoms with Crippen LogP contribution >= 0.6 is 0 Å². The van der Waals surface area contributed by atoms with Crippen molar-refractivity contribution < 1.29 is 22.8 Å². The molecule has 37 heavy (non-hydrogen) atoms. The maximum atomic E-state index is 12.9. The van der Waals surface area contributed by atoms with Crippen LogP contribution in [0.25, 0.3) is 11.5 Å². The van der Waals surface area contributed by atoms with Gasteiger partial charge in [0.25, 0.3) is 5.91 Å². The third-order valence-corrected chi connectivity index (χ3v) is 5.86. The highest BCUT2D eigenvalue weighted by Gasteiger charge is 2.30. The number of anilines is 1. The minimum absolute atomic E-state index is 0.0145. The summed E-state index contributed by atoms with van der Waals surface area (Å²) in [6.45, 7) is 3.96. The number of rotatable bonds is 6. The highest BCUT2D eigenvalue weighted by molar-refractivity contribution is 6.02. The zero-order valence-electron chi connectivity index (χ0n) is 20.5. The van der Waals surface area contributed by atoms with E-state index >= 15 is 0 Å². The van der Waals surface area contributed by atoms with Gasteiger partial charge in [0.2, 0.25) is 5.82 Å². The maximum Gasteiger partial charge on any atom is 0.390 e. The van der Waals surface area contributed by atoms with Gasteiger partial charge in [-0.15, -0.1) is 5.10 Å². The fourth-order valence-corrected chi connectivity index (χ4v) is 3.88. The van der Waals surface area contributed by atoms with Crippen LogP contribution in [0.1, 0.15) is 47.9 Å². The SMILES string of the molecule is CC(C)n1nnnc1-c1cccc(NC(=O)c2cc3c(cn2)CCN(C(=O)N(C)CCC(F)(F)F)C3)n1. The van der Waals surface area contributed by atoms with Gasteiger partial charge < -0.3 is 15.1 Å². The van der Waals surface area contributed by atoms with Crippen molar-refractivity contribution in [1.29, 1.82) is 0 Å².